The van der Waals surface area contributed by atoms with Crippen LogP contribution in [0.15, 0.2) is 18.2 Å². The van der Waals surface area contributed by atoms with Gasteiger partial charge in [-0.2, -0.15) is 0 Å². The third kappa shape index (κ3) is 2.52. The highest BCUT2D eigenvalue weighted by atomic mass is 35.5. The number of rotatable bonds is 2. The minimum atomic E-state index is -0.358. The highest BCUT2D eigenvalue weighted by Gasteiger charge is 2.30. The molecule has 1 heterocycles. The molecule has 1 aliphatic rings. The molecule has 3 nitrogen and oxygen atoms in total. The Morgan fingerprint density at radius 1 is 1.56 bits per heavy atom. The number of hydrogen-bond acceptors (Lipinski definition) is 2. The molecule has 1 fully saturated rings. The highest BCUT2D eigenvalue weighted by molar-refractivity contribution is 6.31. The number of benzene rings is 1. The summed E-state index contributed by atoms with van der Waals surface area (Å²) >= 11 is 6.03. The second-order valence-electron chi connectivity index (χ2n) is 4.95. The van der Waals surface area contributed by atoms with Crippen LogP contribution in [0.25, 0.3) is 0 Å². The molecular weight excluding hydrogens is 250 g/mol. The fourth-order valence-corrected chi connectivity index (χ4v) is 2.55. The van der Waals surface area contributed by atoms with Crippen molar-refractivity contribution in [1.29, 1.82) is 0 Å². The lowest BCUT2D eigenvalue weighted by Crippen LogP contribution is -2.30. The van der Waals surface area contributed by atoms with Crippen LogP contribution in [0.1, 0.15) is 29.3 Å². The molecule has 1 saturated heterocycles. The van der Waals surface area contributed by atoms with Crippen LogP contribution in [0.2, 0.25) is 5.02 Å². The van der Waals surface area contributed by atoms with Crippen molar-refractivity contribution in [3.8, 4) is 0 Å². The van der Waals surface area contributed by atoms with Crippen molar-refractivity contribution in [3.63, 3.8) is 0 Å². The van der Waals surface area contributed by atoms with E-state index in [1.54, 1.807) is 30.0 Å². The van der Waals surface area contributed by atoms with Crippen LogP contribution in [-0.4, -0.2) is 35.1 Å². The lowest BCUT2D eigenvalue weighted by atomic mass is 10.0. The number of carbonyl (C=O) groups is 1. The first kappa shape index (κ1) is 13.4. The van der Waals surface area contributed by atoms with Crippen LogP contribution in [0, 0.1) is 12.8 Å². The molecule has 98 valence electrons. The van der Waals surface area contributed by atoms with Gasteiger partial charge in [0.25, 0.3) is 5.91 Å². The zero-order valence-electron chi connectivity index (χ0n) is 10.7. The Bertz CT molecular complexity index is 459. The first-order valence-corrected chi connectivity index (χ1v) is 6.61. The van der Waals surface area contributed by atoms with Gasteiger partial charge in [0.05, 0.1) is 6.10 Å². The Hall–Kier alpha value is -1.06. The van der Waals surface area contributed by atoms with E-state index in [-0.39, 0.29) is 17.9 Å². The SMILES string of the molecule is Cc1c(Cl)cccc1C(=O)N1CCC(C(C)O)C1. The molecule has 2 atom stereocenters. The van der Waals surface area contributed by atoms with Crippen LogP contribution in [0.5, 0.6) is 0 Å². The molecular formula is C14H18ClNO2. The van der Waals surface area contributed by atoms with Crippen LogP contribution >= 0.6 is 11.6 Å². The van der Waals surface area contributed by atoms with E-state index in [2.05, 4.69) is 0 Å². The van der Waals surface area contributed by atoms with Crippen LogP contribution < -0.4 is 0 Å². The Labute approximate surface area is 112 Å². The van der Waals surface area contributed by atoms with Crippen molar-refractivity contribution in [3.05, 3.63) is 34.3 Å². The number of aliphatic hydroxyl groups is 1. The largest absolute Gasteiger partial charge is 0.393 e. The van der Waals surface area contributed by atoms with Gasteiger partial charge in [-0.15, -0.1) is 0 Å². The second kappa shape index (κ2) is 5.29. The van der Waals surface area contributed by atoms with E-state index in [4.69, 9.17) is 11.6 Å². The molecule has 0 radical (unpaired) electrons. The molecule has 1 amide bonds. The molecule has 1 aromatic rings. The molecule has 4 heteroatoms. The first-order chi connectivity index (χ1) is 8.50. The summed E-state index contributed by atoms with van der Waals surface area (Å²) in [5.74, 6) is 0.201. The molecule has 18 heavy (non-hydrogen) atoms. The van der Waals surface area contributed by atoms with Crippen molar-refractivity contribution in [2.75, 3.05) is 13.1 Å². The fourth-order valence-electron chi connectivity index (χ4n) is 2.38. The maximum absolute atomic E-state index is 12.4. The Morgan fingerprint density at radius 2 is 2.28 bits per heavy atom. The number of aliphatic hydroxyl groups excluding tert-OH is 1. The van der Waals surface area contributed by atoms with E-state index < -0.39 is 0 Å². The van der Waals surface area contributed by atoms with E-state index in [0.717, 1.165) is 12.0 Å². The van der Waals surface area contributed by atoms with E-state index in [1.807, 2.05) is 6.92 Å². The summed E-state index contributed by atoms with van der Waals surface area (Å²) in [4.78, 5) is 14.2. The van der Waals surface area contributed by atoms with E-state index in [1.165, 1.54) is 0 Å². The molecule has 2 rings (SSSR count). The summed E-state index contributed by atoms with van der Waals surface area (Å²) in [6.07, 6.45) is 0.506. The zero-order valence-corrected chi connectivity index (χ0v) is 11.4. The molecule has 0 aromatic heterocycles. The molecule has 2 unspecified atom stereocenters. The van der Waals surface area contributed by atoms with E-state index in [0.29, 0.717) is 23.7 Å². The van der Waals surface area contributed by atoms with Crippen molar-refractivity contribution in [1.82, 2.24) is 4.90 Å². The number of hydrogen-bond donors (Lipinski definition) is 1. The molecule has 0 aliphatic carbocycles. The summed E-state index contributed by atoms with van der Waals surface area (Å²) in [6.45, 7) is 4.98. The van der Waals surface area contributed by atoms with Crippen molar-refractivity contribution < 1.29 is 9.90 Å². The smallest absolute Gasteiger partial charge is 0.254 e. The number of amides is 1. The number of halogens is 1. The second-order valence-corrected chi connectivity index (χ2v) is 5.36. The van der Waals surface area contributed by atoms with Gasteiger partial charge in [-0.3, -0.25) is 4.79 Å². The minimum absolute atomic E-state index is 0.0122. The summed E-state index contributed by atoms with van der Waals surface area (Å²) in [7, 11) is 0. The van der Waals surface area contributed by atoms with Crippen LogP contribution in [0.3, 0.4) is 0 Å². The molecule has 1 aromatic carbocycles. The Morgan fingerprint density at radius 3 is 2.89 bits per heavy atom. The van der Waals surface area contributed by atoms with E-state index >= 15 is 0 Å². The van der Waals surface area contributed by atoms with Gasteiger partial charge in [0.2, 0.25) is 0 Å². The minimum Gasteiger partial charge on any atom is -0.393 e. The molecule has 0 bridgehead atoms. The average molecular weight is 268 g/mol. The van der Waals surface area contributed by atoms with Gasteiger partial charge in [0.15, 0.2) is 0 Å². The summed E-state index contributed by atoms with van der Waals surface area (Å²) in [5, 5.41) is 10.2. The number of carbonyl (C=O) groups excluding carboxylic acids is 1. The fraction of sp³-hybridized carbons (Fsp3) is 0.500. The quantitative estimate of drug-likeness (QED) is 0.894. The summed E-state index contributed by atoms with van der Waals surface area (Å²) in [6, 6.07) is 5.39. The van der Waals surface area contributed by atoms with Gasteiger partial charge in [-0.05, 0) is 38.0 Å². The lowest BCUT2D eigenvalue weighted by Gasteiger charge is -2.19. The van der Waals surface area contributed by atoms with Gasteiger partial charge in [-0.1, -0.05) is 17.7 Å². The summed E-state index contributed by atoms with van der Waals surface area (Å²) in [5.41, 5.74) is 1.48. The van der Waals surface area contributed by atoms with Crippen LogP contribution in [-0.2, 0) is 0 Å². The van der Waals surface area contributed by atoms with Gasteiger partial charge < -0.3 is 10.0 Å². The van der Waals surface area contributed by atoms with Gasteiger partial charge in [0, 0.05) is 29.6 Å². The number of nitrogens with zero attached hydrogens (tertiary/aromatic N) is 1. The van der Waals surface area contributed by atoms with E-state index in [9.17, 15) is 9.90 Å². The van der Waals surface area contributed by atoms with Gasteiger partial charge in [-0.25, -0.2) is 0 Å². The Kier molecular flexibility index (Phi) is 3.93. The first-order valence-electron chi connectivity index (χ1n) is 6.23. The molecule has 1 N–H and O–H groups in total. The third-order valence-electron chi connectivity index (χ3n) is 3.69. The normalized spacial score (nSPS) is 21.1. The van der Waals surface area contributed by atoms with Crippen molar-refractivity contribution in [2.24, 2.45) is 5.92 Å². The molecule has 0 saturated carbocycles. The molecule has 0 spiro atoms. The monoisotopic (exact) mass is 267 g/mol. The predicted molar refractivity (Wildman–Crippen MR) is 71.9 cm³/mol. The topological polar surface area (TPSA) is 40.5 Å². The van der Waals surface area contributed by atoms with Crippen LogP contribution in [0.4, 0.5) is 0 Å². The predicted octanol–water partition coefficient (Wildman–Crippen LogP) is 2.49. The van der Waals surface area contributed by atoms with Gasteiger partial charge >= 0.3 is 0 Å². The standard InChI is InChI=1S/C14H18ClNO2/c1-9-12(4-3-5-13(9)15)14(18)16-7-6-11(8-16)10(2)17/h3-5,10-11,17H,6-8H2,1-2H3. The zero-order chi connectivity index (χ0) is 13.3. The number of likely N-dealkylation sites (tertiary alicyclic amines) is 1. The summed E-state index contributed by atoms with van der Waals surface area (Å²) < 4.78 is 0. The Balaban J connectivity index is 2.16. The maximum atomic E-state index is 12.4. The highest BCUT2D eigenvalue weighted by Crippen LogP contribution is 2.24. The van der Waals surface area contributed by atoms with Crippen molar-refractivity contribution >= 4 is 17.5 Å². The molecule has 1 aliphatic heterocycles. The lowest BCUT2D eigenvalue weighted by molar-refractivity contribution is 0.0762. The van der Waals surface area contributed by atoms with Gasteiger partial charge in [0.1, 0.15) is 0 Å². The average Bonchev–Trinajstić information content (AvgIpc) is 2.81. The maximum Gasteiger partial charge on any atom is 0.254 e. The third-order valence-corrected chi connectivity index (χ3v) is 4.10. The van der Waals surface area contributed by atoms with Crippen molar-refractivity contribution in [2.45, 2.75) is 26.4 Å².